The first-order chi connectivity index (χ1) is 10.8. The maximum atomic E-state index is 11.6. The first-order valence-corrected chi connectivity index (χ1v) is 7.69. The lowest BCUT2D eigenvalue weighted by molar-refractivity contribution is -0.161. The van der Waals surface area contributed by atoms with Crippen LogP contribution in [0, 0.1) is 11.8 Å². The highest BCUT2D eigenvalue weighted by Gasteiger charge is 2.14. The van der Waals surface area contributed by atoms with Crippen LogP contribution in [0.15, 0.2) is 16.8 Å². The molecule has 0 amide bonds. The van der Waals surface area contributed by atoms with E-state index in [4.69, 9.17) is 14.2 Å². The van der Waals surface area contributed by atoms with Gasteiger partial charge >= 0.3 is 5.97 Å². The summed E-state index contributed by atoms with van der Waals surface area (Å²) >= 11 is 0. The Morgan fingerprint density at radius 3 is 3.23 bits per heavy atom. The minimum absolute atomic E-state index is 0.0786. The average molecular weight is 306 g/mol. The predicted octanol–water partition coefficient (Wildman–Crippen LogP) is 1.37. The Morgan fingerprint density at radius 2 is 2.45 bits per heavy atom. The van der Waals surface area contributed by atoms with Crippen molar-refractivity contribution in [2.24, 2.45) is 4.99 Å². The van der Waals surface area contributed by atoms with Gasteiger partial charge in [0.2, 0.25) is 0 Å². The lowest BCUT2D eigenvalue weighted by Gasteiger charge is -2.22. The molecule has 0 radical (unpaired) electrons. The number of hydrogen-bond donors (Lipinski definition) is 1. The number of aliphatic imine (C=N–C) groups is 1. The molecule has 0 aromatic heterocycles. The zero-order valence-electron chi connectivity index (χ0n) is 12.9. The number of hydrogen-bond acceptors (Lipinski definition) is 6. The lowest BCUT2D eigenvalue weighted by Crippen LogP contribution is -2.25. The Balaban J connectivity index is 1.73. The largest absolute Gasteiger partial charge is 0.461 e. The maximum absolute atomic E-state index is 11.6. The van der Waals surface area contributed by atoms with Crippen LogP contribution in [-0.2, 0) is 19.0 Å². The minimum Gasteiger partial charge on any atom is -0.461 e. The Hall–Kier alpha value is -1.84. The Kier molecular flexibility index (Phi) is 6.94. The van der Waals surface area contributed by atoms with Crippen LogP contribution in [0.5, 0.6) is 0 Å². The molecule has 2 heterocycles. The van der Waals surface area contributed by atoms with Gasteiger partial charge in [0, 0.05) is 19.1 Å². The van der Waals surface area contributed by atoms with Gasteiger partial charge in [-0.1, -0.05) is 5.92 Å². The smallest absolute Gasteiger partial charge is 0.356 e. The number of nitrogens with one attached hydrogen (secondary N) is 1. The van der Waals surface area contributed by atoms with Crippen molar-refractivity contribution in [2.45, 2.75) is 38.9 Å². The van der Waals surface area contributed by atoms with E-state index in [9.17, 15) is 4.79 Å². The van der Waals surface area contributed by atoms with Gasteiger partial charge < -0.3 is 19.5 Å². The van der Waals surface area contributed by atoms with Gasteiger partial charge in [-0.25, -0.2) is 4.79 Å². The molecule has 1 saturated heterocycles. The van der Waals surface area contributed by atoms with Crippen molar-refractivity contribution in [3.63, 3.8) is 0 Å². The van der Waals surface area contributed by atoms with Gasteiger partial charge in [0.15, 0.2) is 6.29 Å². The summed E-state index contributed by atoms with van der Waals surface area (Å²) in [6, 6.07) is 0. The van der Waals surface area contributed by atoms with E-state index in [2.05, 4.69) is 22.2 Å². The lowest BCUT2D eigenvalue weighted by atomic mass is 10.2. The summed E-state index contributed by atoms with van der Waals surface area (Å²) in [4.78, 5) is 15.6. The molecule has 0 bridgehead atoms. The van der Waals surface area contributed by atoms with Crippen LogP contribution in [0.3, 0.4) is 0 Å². The van der Waals surface area contributed by atoms with Gasteiger partial charge in [0.1, 0.15) is 12.4 Å². The Morgan fingerprint density at radius 1 is 1.55 bits per heavy atom. The predicted molar refractivity (Wildman–Crippen MR) is 82.1 cm³/mol. The number of allylic oxidation sites excluding steroid dienone is 1. The summed E-state index contributed by atoms with van der Waals surface area (Å²) in [6.45, 7) is 3.76. The number of esters is 1. The first kappa shape index (κ1) is 16.5. The van der Waals surface area contributed by atoms with Crippen LogP contribution >= 0.6 is 0 Å². The van der Waals surface area contributed by atoms with Gasteiger partial charge in [0.25, 0.3) is 0 Å². The van der Waals surface area contributed by atoms with Gasteiger partial charge in [-0.15, -0.1) is 0 Å². The van der Waals surface area contributed by atoms with E-state index in [1.54, 1.807) is 13.0 Å². The quantitative estimate of drug-likeness (QED) is 0.472. The van der Waals surface area contributed by atoms with E-state index in [1.807, 2.05) is 0 Å². The summed E-state index contributed by atoms with van der Waals surface area (Å²) in [6.07, 6.45) is 5.38. The molecule has 1 unspecified atom stereocenters. The number of nitrogens with zero attached hydrogens (tertiary/aromatic N) is 1. The molecule has 0 spiro atoms. The highest BCUT2D eigenvalue weighted by molar-refractivity contribution is 6.41. The highest BCUT2D eigenvalue weighted by atomic mass is 16.7. The van der Waals surface area contributed by atoms with Gasteiger partial charge in [-0.05, 0) is 32.1 Å². The van der Waals surface area contributed by atoms with Crippen LogP contribution in [0.1, 0.15) is 32.6 Å². The second-order valence-electron chi connectivity index (χ2n) is 4.88. The van der Waals surface area contributed by atoms with E-state index in [-0.39, 0.29) is 6.29 Å². The zero-order valence-corrected chi connectivity index (χ0v) is 12.9. The molecule has 0 aliphatic carbocycles. The summed E-state index contributed by atoms with van der Waals surface area (Å²) in [5.74, 6) is 5.58. The van der Waals surface area contributed by atoms with Crippen LogP contribution in [0.25, 0.3) is 0 Å². The molecule has 120 valence electrons. The van der Waals surface area contributed by atoms with Crippen molar-refractivity contribution in [1.82, 2.24) is 5.32 Å². The molecule has 1 fully saturated rings. The van der Waals surface area contributed by atoms with E-state index in [0.717, 1.165) is 25.9 Å². The SMILES string of the molecule is CCOC(=O)C1=NCNC(C#CCCOC2CCCCO2)=C1. The molecule has 0 saturated carbocycles. The molecule has 2 aliphatic rings. The van der Waals surface area contributed by atoms with E-state index >= 15 is 0 Å². The van der Waals surface area contributed by atoms with Gasteiger partial charge in [-0.2, -0.15) is 0 Å². The molecule has 6 nitrogen and oxygen atoms in total. The van der Waals surface area contributed by atoms with E-state index in [1.165, 1.54) is 0 Å². The molecule has 1 N–H and O–H groups in total. The standard InChI is InChI=1S/C16H22N2O4/c1-2-20-16(19)14-11-13(17-12-18-14)7-3-5-9-21-15-8-4-6-10-22-15/h11,15,17H,2,4-6,8-10,12H2,1H3. The highest BCUT2D eigenvalue weighted by Crippen LogP contribution is 2.13. The summed E-state index contributed by atoms with van der Waals surface area (Å²) in [5, 5.41) is 3.01. The normalized spacial score (nSPS) is 20.9. The van der Waals surface area contributed by atoms with Gasteiger partial charge in [-0.3, -0.25) is 4.99 Å². The van der Waals surface area contributed by atoms with Crippen molar-refractivity contribution >= 4 is 11.7 Å². The topological polar surface area (TPSA) is 69.2 Å². The third-order valence-corrected chi connectivity index (χ3v) is 3.18. The Labute approximate surface area is 130 Å². The van der Waals surface area contributed by atoms with Crippen LogP contribution in [0.4, 0.5) is 0 Å². The van der Waals surface area contributed by atoms with Crippen molar-refractivity contribution in [2.75, 3.05) is 26.5 Å². The molecular weight excluding hydrogens is 284 g/mol. The van der Waals surface area contributed by atoms with Crippen LogP contribution in [-0.4, -0.2) is 44.5 Å². The van der Waals surface area contributed by atoms with E-state index < -0.39 is 5.97 Å². The molecule has 2 aliphatic heterocycles. The number of carbonyl (C=O) groups is 1. The third-order valence-electron chi connectivity index (χ3n) is 3.18. The monoisotopic (exact) mass is 306 g/mol. The first-order valence-electron chi connectivity index (χ1n) is 7.69. The van der Waals surface area contributed by atoms with Crippen molar-refractivity contribution in [3.05, 3.63) is 11.8 Å². The van der Waals surface area contributed by atoms with Crippen LogP contribution < -0.4 is 5.32 Å². The molecule has 22 heavy (non-hydrogen) atoms. The minimum atomic E-state index is -0.416. The van der Waals surface area contributed by atoms with Crippen molar-refractivity contribution < 1.29 is 19.0 Å². The molecule has 6 heteroatoms. The summed E-state index contributed by atoms with van der Waals surface area (Å²) < 4.78 is 16.0. The number of carbonyl (C=O) groups excluding carboxylic acids is 1. The molecule has 2 rings (SSSR count). The third kappa shape index (κ3) is 5.51. The molecular formula is C16H22N2O4. The second kappa shape index (κ2) is 9.23. The van der Waals surface area contributed by atoms with E-state index in [0.29, 0.717) is 37.7 Å². The number of ether oxygens (including phenoxy) is 3. The van der Waals surface area contributed by atoms with Gasteiger partial charge in [0.05, 0.1) is 18.9 Å². The fraction of sp³-hybridized carbons (Fsp3) is 0.625. The maximum Gasteiger partial charge on any atom is 0.356 e. The Bertz CT molecular complexity index is 496. The molecule has 0 aromatic rings. The molecule has 0 aromatic carbocycles. The second-order valence-corrected chi connectivity index (χ2v) is 4.88. The van der Waals surface area contributed by atoms with Crippen LogP contribution in [0.2, 0.25) is 0 Å². The average Bonchev–Trinajstić information content (AvgIpc) is 2.56. The number of rotatable bonds is 5. The molecule has 1 atom stereocenters. The fourth-order valence-electron chi connectivity index (χ4n) is 2.09. The summed E-state index contributed by atoms with van der Waals surface area (Å²) in [5.41, 5.74) is 0.976. The summed E-state index contributed by atoms with van der Waals surface area (Å²) in [7, 11) is 0. The zero-order chi connectivity index (χ0) is 15.6. The van der Waals surface area contributed by atoms with Crippen molar-refractivity contribution in [1.29, 1.82) is 0 Å². The van der Waals surface area contributed by atoms with Crippen molar-refractivity contribution in [3.8, 4) is 11.8 Å². The fourth-order valence-corrected chi connectivity index (χ4v) is 2.09.